The average Bonchev–Trinajstić information content (AvgIpc) is 2.66. The molecule has 1 aromatic heterocycles. The largest absolute Gasteiger partial charge is 0.347 e. The van der Waals surface area contributed by atoms with E-state index in [9.17, 15) is 4.79 Å². The van der Waals surface area contributed by atoms with Gasteiger partial charge >= 0.3 is 0 Å². The Labute approximate surface area is 147 Å². The molecule has 0 radical (unpaired) electrons. The van der Waals surface area contributed by atoms with Gasteiger partial charge in [-0.1, -0.05) is 48.0 Å². The molecule has 0 aliphatic carbocycles. The third-order valence-electron chi connectivity index (χ3n) is 3.85. The predicted molar refractivity (Wildman–Crippen MR) is 98.9 cm³/mol. The van der Waals surface area contributed by atoms with Crippen molar-refractivity contribution in [3.05, 3.63) is 83.7 Å². The van der Waals surface area contributed by atoms with Crippen LogP contribution in [0.5, 0.6) is 0 Å². The maximum atomic E-state index is 12.4. The standard InChI is InChI=1S/C20H20N4O/c1-15-7-6-8-16(13-15)14-22-19(25)18-11-12-21-20(23-18)24(2)17-9-4-3-5-10-17/h3-13H,14H2,1-2H3,(H,22,25). The number of carbonyl (C=O) groups excluding carboxylic acids is 1. The SMILES string of the molecule is Cc1cccc(CNC(=O)c2ccnc(N(C)c3ccccc3)n2)c1. The van der Waals surface area contributed by atoms with Crippen LogP contribution < -0.4 is 10.2 Å². The predicted octanol–water partition coefficient (Wildman–Crippen LogP) is 3.48. The number of rotatable bonds is 5. The van der Waals surface area contributed by atoms with Crippen LogP contribution in [0.1, 0.15) is 21.6 Å². The number of hydrogen-bond donors (Lipinski definition) is 1. The molecule has 1 heterocycles. The first-order chi connectivity index (χ1) is 12.1. The van der Waals surface area contributed by atoms with Gasteiger partial charge in [0, 0.05) is 25.5 Å². The van der Waals surface area contributed by atoms with Gasteiger partial charge in [0.25, 0.3) is 5.91 Å². The Balaban J connectivity index is 1.71. The van der Waals surface area contributed by atoms with Crippen molar-refractivity contribution in [1.82, 2.24) is 15.3 Å². The van der Waals surface area contributed by atoms with Crippen LogP contribution >= 0.6 is 0 Å². The highest BCUT2D eigenvalue weighted by Crippen LogP contribution is 2.19. The van der Waals surface area contributed by atoms with Crippen molar-refractivity contribution in [3.8, 4) is 0 Å². The molecule has 3 rings (SSSR count). The third-order valence-corrected chi connectivity index (χ3v) is 3.85. The molecule has 3 aromatic rings. The van der Waals surface area contributed by atoms with Crippen molar-refractivity contribution in [2.45, 2.75) is 13.5 Å². The number of aromatic nitrogens is 2. The van der Waals surface area contributed by atoms with Gasteiger partial charge in [-0.3, -0.25) is 4.79 Å². The van der Waals surface area contributed by atoms with Crippen LogP contribution in [-0.4, -0.2) is 22.9 Å². The van der Waals surface area contributed by atoms with E-state index in [1.807, 2.05) is 67.4 Å². The first kappa shape index (κ1) is 16.6. The Hall–Kier alpha value is -3.21. The van der Waals surface area contributed by atoms with E-state index in [1.165, 1.54) is 5.56 Å². The Bertz CT molecular complexity index is 864. The second kappa shape index (κ2) is 7.57. The molecular weight excluding hydrogens is 312 g/mol. The van der Waals surface area contributed by atoms with Crippen molar-refractivity contribution < 1.29 is 4.79 Å². The molecule has 0 spiro atoms. The average molecular weight is 332 g/mol. The lowest BCUT2D eigenvalue weighted by atomic mass is 10.1. The summed E-state index contributed by atoms with van der Waals surface area (Å²) in [5, 5.41) is 2.90. The van der Waals surface area contributed by atoms with Crippen molar-refractivity contribution in [2.75, 3.05) is 11.9 Å². The fraction of sp³-hybridized carbons (Fsp3) is 0.150. The molecule has 2 aromatic carbocycles. The number of aryl methyl sites for hydroxylation is 1. The Morgan fingerprint density at radius 3 is 2.64 bits per heavy atom. The van der Waals surface area contributed by atoms with Gasteiger partial charge in [-0.25, -0.2) is 9.97 Å². The van der Waals surface area contributed by atoms with Gasteiger partial charge < -0.3 is 10.2 Å². The van der Waals surface area contributed by atoms with Crippen LogP contribution in [0.4, 0.5) is 11.6 Å². The summed E-state index contributed by atoms with van der Waals surface area (Å²) in [6.07, 6.45) is 1.60. The van der Waals surface area contributed by atoms with Gasteiger partial charge in [-0.05, 0) is 30.7 Å². The van der Waals surface area contributed by atoms with Crippen molar-refractivity contribution in [1.29, 1.82) is 0 Å². The number of anilines is 2. The smallest absolute Gasteiger partial charge is 0.270 e. The number of amides is 1. The van der Waals surface area contributed by atoms with Crippen LogP contribution in [0.15, 0.2) is 66.9 Å². The first-order valence-corrected chi connectivity index (χ1v) is 8.09. The Morgan fingerprint density at radius 2 is 1.88 bits per heavy atom. The molecule has 0 bridgehead atoms. The van der Waals surface area contributed by atoms with Gasteiger partial charge in [-0.2, -0.15) is 0 Å². The van der Waals surface area contributed by atoms with E-state index in [1.54, 1.807) is 12.3 Å². The highest BCUT2D eigenvalue weighted by atomic mass is 16.1. The molecule has 126 valence electrons. The fourth-order valence-electron chi connectivity index (χ4n) is 2.50. The lowest BCUT2D eigenvalue weighted by Gasteiger charge is -2.17. The molecule has 0 unspecified atom stereocenters. The molecule has 5 nitrogen and oxygen atoms in total. The quantitative estimate of drug-likeness (QED) is 0.777. The number of hydrogen-bond acceptors (Lipinski definition) is 4. The minimum absolute atomic E-state index is 0.216. The fourth-order valence-corrected chi connectivity index (χ4v) is 2.50. The zero-order valence-electron chi connectivity index (χ0n) is 14.3. The van der Waals surface area contributed by atoms with Crippen LogP contribution in [0.2, 0.25) is 0 Å². The van der Waals surface area contributed by atoms with E-state index in [0.29, 0.717) is 18.2 Å². The normalized spacial score (nSPS) is 10.3. The molecule has 0 aliphatic heterocycles. The maximum absolute atomic E-state index is 12.4. The summed E-state index contributed by atoms with van der Waals surface area (Å²) in [5.74, 6) is 0.265. The van der Waals surface area contributed by atoms with Gasteiger partial charge in [0.2, 0.25) is 5.95 Å². The van der Waals surface area contributed by atoms with E-state index >= 15 is 0 Å². The number of nitrogens with one attached hydrogen (secondary N) is 1. The molecule has 0 fully saturated rings. The van der Waals surface area contributed by atoms with Crippen LogP contribution in [0.25, 0.3) is 0 Å². The lowest BCUT2D eigenvalue weighted by molar-refractivity contribution is 0.0946. The zero-order valence-corrected chi connectivity index (χ0v) is 14.3. The molecular formula is C20H20N4O. The number of carbonyl (C=O) groups is 1. The van der Waals surface area contributed by atoms with E-state index in [4.69, 9.17) is 0 Å². The van der Waals surface area contributed by atoms with Crippen molar-refractivity contribution in [3.63, 3.8) is 0 Å². The molecule has 0 aliphatic rings. The van der Waals surface area contributed by atoms with Crippen LogP contribution in [0.3, 0.4) is 0 Å². The lowest BCUT2D eigenvalue weighted by Crippen LogP contribution is -2.25. The van der Waals surface area contributed by atoms with Crippen LogP contribution in [-0.2, 0) is 6.54 Å². The number of benzene rings is 2. The highest BCUT2D eigenvalue weighted by molar-refractivity contribution is 5.92. The summed E-state index contributed by atoms with van der Waals surface area (Å²) in [6.45, 7) is 2.50. The monoisotopic (exact) mass is 332 g/mol. The number of para-hydroxylation sites is 1. The van der Waals surface area contributed by atoms with Gasteiger partial charge in [0.05, 0.1) is 0 Å². The summed E-state index contributed by atoms with van der Waals surface area (Å²) in [6, 6.07) is 19.4. The van der Waals surface area contributed by atoms with E-state index < -0.39 is 0 Å². The van der Waals surface area contributed by atoms with Gasteiger partial charge in [0.1, 0.15) is 5.69 Å². The minimum atomic E-state index is -0.216. The van der Waals surface area contributed by atoms with Gasteiger partial charge in [0.15, 0.2) is 0 Å². The molecule has 0 saturated heterocycles. The minimum Gasteiger partial charge on any atom is -0.347 e. The molecule has 1 N–H and O–H groups in total. The molecule has 1 amide bonds. The zero-order chi connectivity index (χ0) is 17.6. The summed E-state index contributed by atoms with van der Waals surface area (Å²) >= 11 is 0. The second-order valence-electron chi connectivity index (χ2n) is 5.81. The van der Waals surface area contributed by atoms with Crippen molar-refractivity contribution >= 4 is 17.5 Å². The highest BCUT2D eigenvalue weighted by Gasteiger charge is 2.12. The Morgan fingerprint density at radius 1 is 1.08 bits per heavy atom. The summed E-state index contributed by atoms with van der Waals surface area (Å²) in [7, 11) is 1.87. The number of nitrogens with zero attached hydrogens (tertiary/aromatic N) is 3. The third kappa shape index (κ3) is 4.20. The van der Waals surface area contributed by atoms with Crippen LogP contribution in [0, 0.1) is 6.92 Å². The molecule has 25 heavy (non-hydrogen) atoms. The van der Waals surface area contributed by atoms with Gasteiger partial charge in [-0.15, -0.1) is 0 Å². The van der Waals surface area contributed by atoms with E-state index in [-0.39, 0.29) is 5.91 Å². The second-order valence-corrected chi connectivity index (χ2v) is 5.81. The molecule has 5 heteroatoms. The maximum Gasteiger partial charge on any atom is 0.270 e. The van der Waals surface area contributed by atoms with E-state index in [0.717, 1.165) is 11.3 Å². The molecule has 0 saturated carbocycles. The first-order valence-electron chi connectivity index (χ1n) is 8.09. The topological polar surface area (TPSA) is 58.1 Å². The van der Waals surface area contributed by atoms with E-state index in [2.05, 4.69) is 21.4 Å². The summed E-state index contributed by atoms with van der Waals surface area (Å²) in [4.78, 5) is 22.9. The summed E-state index contributed by atoms with van der Waals surface area (Å²) < 4.78 is 0. The molecule has 0 atom stereocenters. The van der Waals surface area contributed by atoms with Crippen molar-refractivity contribution in [2.24, 2.45) is 0 Å². The Kier molecular flexibility index (Phi) is 5.04. The summed E-state index contributed by atoms with van der Waals surface area (Å²) in [5.41, 5.74) is 3.53.